The average Bonchev–Trinajstić information content (AvgIpc) is 2.61. The van der Waals surface area contributed by atoms with Crippen LogP contribution in [0.3, 0.4) is 0 Å². The Morgan fingerprint density at radius 3 is 2.58 bits per heavy atom. The second kappa shape index (κ2) is 7.42. The molecule has 24 heavy (non-hydrogen) atoms. The van der Waals surface area contributed by atoms with Crippen LogP contribution in [-0.4, -0.2) is 10.9 Å². The van der Waals surface area contributed by atoms with Crippen LogP contribution < -0.4 is 10.1 Å². The molecule has 0 radical (unpaired) electrons. The smallest absolute Gasteiger partial charge is 0.257 e. The fourth-order valence-electron chi connectivity index (χ4n) is 2.26. The highest BCUT2D eigenvalue weighted by Gasteiger charge is 2.07. The number of aromatic nitrogens is 1. The number of ether oxygens (including phenoxy) is 1. The summed E-state index contributed by atoms with van der Waals surface area (Å²) in [5.41, 5.74) is 3.42. The number of carbonyl (C=O) groups is 1. The van der Waals surface area contributed by atoms with Gasteiger partial charge in [0, 0.05) is 18.0 Å². The molecule has 120 valence electrons. The zero-order valence-electron chi connectivity index (χ0n) is 13.4. The van der Waals surface area contributed by atoms with Gasteiger partial charge in [0.25, 0.3) is 5.91 Å². The zero-order chi connectivity index (χ0) is 16.8. The molecule has 0 spiro atoms. The van der Waals surface area contributed by atoms with Crippen LogP contribution in [-0.2, 0) is 6.61 Å². The van der Waals surface area contributed by atoms with Crippen molar-refractivity contribution >= 4 is 11.6 Å². The molecule has 1 aromatic heterocycles. The summed E-state index contributed by atoms with van der Waals surface area (Å²) >= 11 is 0. The van der Waals surface area contributed by atoms with E-state index in [-0.39, 0.29) is 5.91 Å². The SMILES string of the molecule is Cc1cccc(NC(=O)c2ccc(OCc3ccccc3)nc2)c1. The third-order valence-corrected chi connectivity index (χ3v) is 3.50. The summed E-state index contributed by atoms with van der Waals surface area (Å²) in [6.07, 6.45) is 1.52. The van der Waals surface area contributed by atoms with Crippen LogP contribution in [0.4, 0.5) is 5.69 Å². The molecule has 1 amide bonds. The van der Waals surface area contributed by atoms with Crippen molar-refractivity contribution in [1.29, 1.82) is 0 Å². The lowest BCUT2D eigenvalue weighted by Crippen LogP contribution is -2.12. The number of carbonyl (C=O) groups excluding carboxylic acids is 1. The molecular weight excluding hydrogens is 300 g/mol. The van der Waals surface area contributed by atoms with Crippen LogP contribution in [0.2, 0.25) is 0 Å². The normalized spacial score (nSPS) is 10.2. The second-order valence-corrected chi connectivity index (χ2v) is 5.48. The second-order valence-electron chi connectivity index (χ2n) is 5.48. The number of pyridine rings is 1. The van der Waals surface area contributed by atoms with Crippen LogP contribution in [0.1, 0.15) is 21.5 Å². The van der Waals surface area contributed by atoms with Gasteiger partial charge in [-0.2, -0.15) is 0 Å². The van der Waals surface area contributed by atoms with Gasteiger partial charge in [-0.05, 0) is 36.2 Å². The van der Waals surface area contributed by atoms with Gasteiger partial charge in [-0.3, -0.25) is 4.79 Å². The quantitative estimate of drug-likeness (QED) is 0.766. The molecule has 0 bridgehead atoms. The molecule has 1 heterocycles. The van der Waals surface area contributed by atoms with E-state index in [1.54, 1.807) is 12.1 Å². The first-order chi connectivity index (χ1) is 11.7. The first-order valence-electron chi connectivity index (χ1n) is 7.71. The number of rotatable bonds is 5. The van der Waals surface area contributed by atoms with Crippen LogP contribution in [0.15, 0.2) is 72.9 Å². The fourth-order valence-corrected chi connectivity index (χ4v) is 2.26. The third kappa shape index (κ3) is 4.20. The predicted octanol–water partition coefficient (Wildman–Crippen LogP) is 4.22. The van der Waals surface area contributed by atoms with E-state index in [9.17, 15) is 4.79 Å². The summed E-state index contributed by atoms with van der Waals surface area (Å²) in [6.45, 7) is 2.43. The Morgan fingerprint density at radius 2 is 1.88 bits per heavy atom. The average molecular weight is 318 g/mol. The highest BCUT2D eigenvalue weighted by molar-refractivity contribution is 6.04. The van der Waals surface area contributed by atoms with Gasteiger partial charge in [0.2, 0.25) is 5.88 Å². The molecule has 0 unspecified atom stereocenters. The molecule has 0 aliphatic rings. The van der Waals surface area contributed by atoms with Gasteiger partial charge in [0.15, 0.2) is 0 Å². The lowest BCUT2D eigenvalue weighted by molar-refractivity contribution is 0.102. The highest BCUT2D eigenvalue weighted by atomic mass is 16.5. The maximum absolute atomic E-state index is 12.2. The molecule has 0 saturated carbocycles. The maximum Gasteiger partial charge on any atom is 0.257 e. The summed E-state index contributed by atoms with van der Waals surface area (Å²) in [4.78, 5) is 16.4. The van der Waals surface area contributed by atoms with Gasteiger partial charge < -0.3 is 10.1 Å². The fraction of sp³-hybridized carbons (Fsp3) is 0.100. The summed E-state index contributed by atoms with van der Waals surface area (Å²) in [7, 11) is 0. The monoisotopic (exact) mass is 318 g/mol. The number of nitrogens with zero attached hydrogens (tertiary/aromatic N) is 1. The number of amides is 1. The molecule has 0 saturated heterocycles. The van der Waals surface area contributed by atoms with Crippen molar-refractivity contribution in [3.63, 3.8) is 0 Å². The molecule has 0 fully saturated rings. The van der Waals surface area contributed by atoms with Gasteiger partial charge >= 0.3 is 0 Å². The molecule has 0 aliphatic heterocycles. The standard InChI is InChI=1S/C20H18N2O2/c1-15-6-5-9-18(12-15)22-20(23)17-10-11-19(21-13-17)24-14-16-7-3-2-4-8-16/h2-13H,14H2,1H3,(H,22,23). The molecule has 2 aromatic carbocycles. The van der Waals surface area contributed by atoms with Crippen LogP contribution in [0.25, 0.3) is 0 Å². The summed E-state index contributed by atoms with van der Waals surface area (Å²) < 4.78 is 5.62. The Morgan fingerprint density at radius 1 is 1.04 bits per heavy atom. The Labute approximate surface area is 141 Å². The maximum atomic E-state index is 12.2. The highest BCUT2D eigenvalue weighted by Crippen LogP contribution is 2.14. The largest absolute Gasteiger partial charge is 0.473 e. The van der Waals surface area contributed by atoms with E-state index >= 15 is 0 Å². The van der Waals surface area contributed by atoms with Gasteiger partial charge in [0.1, 0.15) is 6.61 Å². The predicted molar refractivity (Wildman–Crippen MR) is 94.1 cm³/mol. The third-order valence-electron chi connectivity index (χ3n) is 3.50. The first-order valence-corrected chi connectivity index (χ1v) is 7.71. The number of benzene rings is 2. The van der Waals surface area contributed by atoms with E-state index in [0.717, 1.165) is 16.8 Å². The molecule has 0 atom stereocenters. The van der Waals surface area contributed by atoms with Crippen LogP contribution in [0, 0.1) is 6.92 Å². The zero-order valence-corrected chi connectivity index (χ0v) is 13.4. The minimum absolute atomic E-state index is 0.192. The summed E-state index contributed by atoms with van der Waals surface area (Å²) in [6, 6.07) is 20.9. The lowest BCUT2D eigenvalue weighted by atomic mass is 10.2. The van der Waals surface area contributed by atoms with E-state index in [2.05, 4.69) is 10.3 Å². The van der Waals surface area contributed by atoms with Crippen molar-refractivity contribution in [3.05, 3.63) is 89.6 Å². The minimum Gasteiger partial charge on any atom is -0.473 e. The summed E-state index contributed by atoms with van der Waals surface area (Å²) in [5.74, 6) is 0.300. The van der Waals surface area contributed by atoms with E-state index in [0.29, 0.717) is 18.1 Å². The number of anilines is 1. The number of aryl methyl sites for hydroxylation is 1. The van der Waals surface area contributed by atoms with Gasteiger partial charge in [-0.15, -0.1) is 0 Å². The van der Waals surface area contributed by atoms with Crippen LogP contribution >= 0.6 is 0 Å². The van der Waals surface area contributed by atoms with Crippen molar-refractivity contribution < 1.29 is 9.53 Å². The number of nitrogens with one attached hydrogen (secondary N) is 1. The van der Waals surface area contributed by atoms with E-state index in [1.165, 1.54) is 6.20 Å². The molecule has 1 N–H and O–H groups in total. The Kier molecular flexibility index (Phi) is 4.87. The minimum atomic E-state index is -0.192. The van der Waals surface area contributed by atoms with Crippen molar-refractivity contribution in [2.45, 2.75) is 13.5 Å². The first kappa shape index (κ1) is 15.7. The Hall–Kier alpha value is -3.14. The van der Waals surface area contributed by atoms with Crippen molar-refractivity contribution in [2.24, 2.45) is 0 Å². The lowest BCUT2D eigenvalue weighted by Gasteiger charge is -2.08. The van der Waals surface area contributed by atoms with E-state index in [1.807, 2.05) is 61.5 Å². The van der Waals surface area contributed by atoms with Crippen LogP contribution in [0.5, 0.6) is 5.88 Å². The van der Waals surface area contributed by atoms with Crippen molar-refractivity contribution in [2.75, 3.05) is 5.32 Å². The van der Waals surface area contributed by atoms with Gasteiger partial charge in [0.05, 0.1) is 5.56 Å². The molecule has 3 rings (SSSR count). The number of hydrogen-bond donors (Lipinski definition) is 1. The Bertz CT molecular complexity index is 815. The van der Waals surface area contributed by atoms with Crippen molar-refractivity contribution in [3.8, 4) is 5.88 Å². The topological polar surface area (TPSA) is 51.2 Å². The van der Waals surface area contributed by atoms with Gasteiger partial charge in [-0.1, -0.05) is 42.5 Å². The molecular formula is C20H18N2O2. The molecule has 4 heteroatoms. The van der Waals surface area contributed by atoms with E-state index in [4.69, 9.17) is 4.74 Å². The molecule has 3 aromatic rings. The molecule has 4 nitrogen and oxygen atoms in total. The van der Waals surface area contributed by atoms with Gasteiger partial charge in [-0.25, -0.2) is 4.98 Å². The van der Waals surface area contributed by atoms with E-state index < -0.39 is 0 Å². The Balaban J connectivity index is 1.60. The van der Waals surface area contributed by atoms with Crippen molar-refractivity contribution in [1.82, 2.24) is 4.98 Å². The molecule has 0 aliphatic carbocycles. The number of hydrogen-bond acceptors (Lipinski definition) is 3. The summed E-state index contributed by atoms with van der Waals surface area (Å²) in [5, 5.41) is 2.86.